The lowest BCUT2D eigenvalue weighted by molar-refractivity contribution is 0.0705. The van der Waals surface area contributed by atoms with Gasteiger partial charge in [-0.15, -0.1) is 0 Å². The second-order valence-corrected chi connectivity index (χ2v) is 9.16. The molecule has 2 heterocycles. The van der Waals surface area contributed by atoms with Gasteiger partial charge in [0.05, 0.1) is 13.2 Å². The van der Waals surface area contributed by atoms with E-state index in [9.17, 15) is 17.2 Å². The van der Waals surface area contributed by atoms with E-state index < -0.39 is 21.8 Å². The SMILES string of the molecule is O=S(=O)(N1CCOCC1)N1C[C@H](c2ccccc2)[C@H](Nc2ccc(F)c(F)c2)C1. The predicted molar refractivity (Wildman–Crippen MR) is 106 cm³/mol. The molecular formula is C20H23F2N3O3S. The quantitative estimate of drug-likeness (QED) is 0.803. The van der Waals surface area contributed by atoms with Crippen molar-refractivity contribution < 1.29 is 21.9 Å². The largest absolute Gasteiger partial charge is 0.380 e. The van der Waals surface area contributed by atoms with Crippen molar-refractivity contribution in [2.45, 2.75) is 12.0 Å². The van der Waals surface area contributed by atoms with Crippen molar-refractivity contribution in [2.24, 2.45) is 0 Å². The Balaban J connectivity index is 1.60. The summed E-state index contributed by atoms with van der Waals surface area (Å²) in [7, 11) is -3.63. The fourth-order valence-electron chi connectivity index (χ4n) is 3.88. The topological polar surface area (TPSA) is 61.9 Å². The molecule has 0 amide bonds. The summed E-state index contributed by atoms with van der Waals surface area (Å²) in [6.07, 6.45) is 0. The smallest absolute Gasteiger partial charge is 0.282 e. The Bertz CT molecular complexity index is 953. The summed E-state index contributed by atoms with van der Waals surface area (Å²) in [6.45, 7) is 1.97. The summed E-state index contributed by atoms with van der Waals surface area (Å²) in [4.78, 5) is 0. The number of hydrogen-bond acceptors (Lipinski definition) is 4. The maximum Gasteiger partial charge on any atom is 0.282 e. The molecule has 9 heteroatoms. The van der Waals surface area contributed by atoms with Crippen molar-refractivity contribution in [3.05, 3.63) is 65.7 Å². The molecule has 2 aromatic carbocycles. The summed E-state index contributed by atoms with van der Waals surface area (Å²) in [5.74, 6) is -1.99. The number of benzene rings is 2. The Morgan fingerprint density at radius 1 is 0.931 bits per heavy atom. The normalized spacial score (nSPS) is 23.9. The molecular weight excluding hydrogens is 400 g/mol. The minimum atomic E-state index is -3.63. The highest BCUT2D eigenvalue weighted by molar-refractivity contribution is 7.86. The van der Waals surface area contributed by atoms with Crippen molar-refractivity contribution in [1.82, 2.24) is 8.61 Å². The van der Waals surface area contributed by atoms with Crippen molar-refractivity contribution >= 4 is 15.9 Å². The van der Waals surface area contributed by atoms with Gasteiger partial charge >= 0.3 is 0 Å². The predicted octanol–water partition coefficient (Wildman–Crippen LogP) is 2.42. The number of hydrogen-bond donors (Lipinski definition) is 1. The molecule has 0 aromatic heterocycles. The highest BCUT2D eigenvalue weighted by Gasteiger charge is 2.42. The molecule has 2 saturated heterocycles. The van der Waals surface area contributed by atoms with E-state index in [1.165, 1.54) is 14.7 Å². The van der Waals surface area contributed by atoms with Crippen molar-refractivity contribution in [3.63, 3.8) is 0 Å². The first-order valence-corrected chi connectivity index (χ1v) is 10.9. The second kappa shape index (κ2) is 8.35. The van der Waals surface area contributed by atoms with Crippen molar-refractivity contribution in [2.75, 3.05) is 44.7 Å². The van der Waals surface area contributed by atoms with Crippen LogP contribution in [0.1, 0.15) is 11.5 Å². The van der Waals surface area contributed by atoms with Gasteiger partial charge < -0.3 is 10.1 Å². The number of nitrogens with one attached hydrogen (secondary N) is 1. The summed E-state index contributed by atoms with van der Waals surface area (Å²) in [5, 5.41) is 3.21. The Morgan fingerprint density at radius 3 is 2.34 bits per heavy atom. The molecule has 1 N–H and O–H groups in total. The molecule has 2 atom stereocenters. The van der Waals surface area contributed by atoms with E-state index in [2.05, 4.69) is 5.32 Å². The lowest BCUT2D eigenvalue weighted by Crippen LogP contribution is -2.48. The van der Waals surface area contributed by atoms with Gasteiger partial charge in [0.2, 0.25) is 0 Å². The lowest BCUT2D eigenvalue weighted by atomic mass is 9.94. The molecule has 2 aromatic rings. The van der Waals surface area contributed by atoms with Crippen LogP contribution in [0.4, 0.5) is 14.5 Å². The van der Waals surface area contributed by atoms with E-state index in [1.807, 2.05) is 30.3 Å². The van der Waals surface area contributed by atoms with Crippen molar-refractivity contribution in [3.8, 4) is 0 Å². The monoisotopic (exact) mass is 423 g/mol. The van der Waals surface area contributed by atoms with Gasteiger partial charge in [-0.05, 0) is 17.7 Å². The van der Waals surface area contributed by atoms with Crippen LogP contribution in [-0.2, 0) is 14.9 Å². The summed E-state index contributed by atoms with van der Waals surface area (Å²) >= 11 is 0. The van der Waals surface area contributed by atoms with Gasteiger partial charge in [-0.3, -0.25) is 0 Å². The Labute approximate surface area is 169 Å². The maximum absolute atomic E-state index is 13.6. The van der Waals surface area contributed by atoms with E-state index in [-0.39, 0.29) is 18.5 Å². The first kappa shape index (κ1) is 20.2. The van der Waals surface area contributed by atoms with Crippen LogP contribution in [0.25, 0.3) is 0 Å². The van der Waals surface area contributed by atoms with E-state index in [1.54, 1.807) is 0 Å². The molecule has 0 bridgehead atoms. The first-order chi connectivity index (χ1) is 13.9. The van der Waals surface area contributed by atoms with Crippen LogP contribution < -0.4 is 5.32 Å². The molecule has 0 unspecified atom stereocenters. The Hall–Kier alpha value is -2.07. The fourth-order valence-corrected chi connectivity index (χ4v) is 5.52. The number of morpholine rings is 1. The van der Waals surface area contributed by atoms with Crippen LogP contribution >= 0.6 is 0 Å². The van der Waals surface area contributed by atoms with Crippen LogP contribution in [0.15, 0.2) is 48.5 Å². The summed E-state index contributed by atoms with van der Waals surface area (Å²) in [6, 6.07) is 13.0. The Morgan fingerprint density at radius 2 is 1.66 bits per heavy atom. The van der Waals surface area contributed by atoms with Crippen LogP contribution in [-0.4, -0.2) is 62.5 Å². The van der Waals surface area contributed by atoms with Gasteiger partial charge in [-0.25, -0.2) is 8.78 Å². The van der Waals surface area contributed by atoms with Gasteiger partial charge in [-0.1, -0.05) is 30.3 Å². The van der Waals surface area contributed by atoms with Gasteiger partial charge in [-0.2, -0.15) is 17.0 Å². The van der Waals surface area contributed by atoms with E-state index >= 15 is 0 Å². The van der Waals surface area contributed by atoms with Gasteiger partial charge in [0.25, 0.3) is 10.2 Å². The number of rotatable bonds is 5. The van der Waals surface area contributed by atoms with Gasteiger partial charge in [0.1, 0.15) is 0 Å². The molecule has 6 nitrogen and oxygen atoms in total. The Kier molecular flexibility index (Phi) is 5.82. The van der Waals surface area contributed by atoms with Crippen LogP contribution in [0.3, 0.4) is 0 Å². The molecule has 2 fully saturated rings. The molecule has 0 radical (unpaired) electrons. The number of nitrogens with zero attached hydrogens (tertiary/aromatic N) is 2. The van der Waals surface area contributed by atoms with Crippen LogP contribution in [0, 0.1) is 11.6 Å². The summed E-state index contributed by atoms with van der Waals surface area (Å²) < 4.78 is 61.3. The molecule has 156 valence electrons. The molecule has 29 heavy (non-hydrogen) atoms. The van der Waals surface area contributed by atoms with Crippen molar-refractivity contribution in [1.29, 1.82) is 0 Å². The highest BCUT2D eigenvalue weighted by Crippen LogP contribution is 2.32. The minimum Gasteiger partial charge on any atom is -0.380 e. The zero-order chi connectivity index (χ0) is 20.4. The molecule has 0 aliphatic carbocycles. The lowest BCUT2D eigenvalue weighted by Gasteiger charge is -2.30. The van der Waals surface area contributed by atoms with E-state index in [0.717, 1.165) is 17.7 Å². The molecule has 2 aliphatic heterocycles. The van der Waals surface area contributed by atoms with Crippen LogP contribution in [0.5, 0.6) is 0 Å². The molecule has 4 rings (SSSR count). The number of halogens is 2. The van der Waals surface area contributed by atoms with Gasteiger partial charge in [0, 0.05) is 49.9 Å². The number of anilines is 1. The molecule has 0 saturated carbocycles. The van der Waals surface area contributed by atoms with Gasteiger partial charge in [0.15, 0.2) is 11.6 Å². The zero-order valence-electron chi connectivity index (χ0n) is 15.8. The second-order valence-electron chi connectivity index (χ2n) is 7.23. The first-order valence-electron chi connectivity index (χ1n) is 9.54. The average Bonchev–Trinajstić information content (AvgIpc) is 3.17. The minimum absolute atomic E-state index is 0.125. The zero-order valence-corrected chi connectivity index (χ0v) is 16.6. The van der Waals surface area contributed by atoms with E-state index in [0.29, 0.717) is 38.5 Å². The van der Waals surface area contributed by atoms with Crippen LogP contribution in [0.2, 0.25) is 0 Å². The molecule has 0 spiro atoms. The molecule has 2 aliphatic rings. The third-order valence-corrected chi connectivity index (χ3v) is 7.38. The van der Waals surface area contributed by atoms with E-state index in [4.69, 9.17) is 4.74 Å². The fraction of sp³-hybridized carbons (Fsp3) is 0.400. The average molecular weight is 423 g/mol. The third-order valence-electron chi connectivity index (χ3n) is 5.41. The number of ether oxygens (including phenoxy) is 1. The third kappa shape index (κ3) is 4.28. The maximum atomic E-state index is 13.6. The standard InChI is InChI=1S/C20H23F2N3O3S/c21-18-7-6-16(12-19(18)22)23-20-14-25(13-17(20)15-4-2-1-3-5-15)29(26,27)24-8-10-28-11-9-24/h1-7,12,17,20,23H,8-11,13-14H2/t17-,20-/m1/s1. The summed E-state index contributed by atoms with van der Waals surface area (Å²) in [5.41, 5.74) is 1.41. The highest BCUT2D eigenvalue weighted by atomic mass is 32.2.